The van der Waals surface area contributed by atoms with Crippen molar-refractivity contribution in [3.8, 4) is 0 Å². The summed E-state index contributed by atoms with van der Waals surface area (Å²) >= 11 is 0. The Hall–Kier alpha value is -3.46. The third kappa shape index (κ3) is 6.21. The number of piperidine rings is 1. The minimum atomic E-state index is -4.98. The zero-order valence-corrected chi connectivity index (χ0v) is 23.6. The predicted octanol–water partition coefficient (Wildman–Crippen LogP) is 5.89. The Morgan fingerprint density at radius 2 is 1.55 bits per heavy atom. The van der Waals surface area contributed by atoms with Crippen LogP contribution >= 0.6 is 0 Å². The van der Waals surface area contributed by atoms with Crippen molar-refractivity contribution >= 4 is 5.91 Å². The van der Waals surface area contributed by atoms with Crippen molar-refractivity contribution in [2.45, 2.75) is 75.4 Å². The Balaban J connectivity index is 1.17. The van der Waals surface area contributed by atoms with Gasteiger partial charge in [-0.05, 0) is 115 Å². The van der Waals surface area contributed by atoms with Crippen LogP contribution in [0.25, 0.3) is 0 Å². The van der Waals surface area contributed by atoms with Gasteiger partial charge in [-0.3, -0.25) is 4.79 Å². The third-order valence-corrected chi connectivity index (χ3v) is 9.62. The highest BCUT2D eigenvalue weighted by Gasteiger charge is 2.62. The van der Waals surface area contributed by atoms with Gasteiger partial charge in [-0.25, -0.2) is 15.5 Å². The Labute approximate surface area is 248 Å². The summed E-state index contributed by atoms with van der Waals surface area (Å²) in [5.41, 5.74) is 2.56. The predicted molar refractivity (Wildman–Crippen MR) is 143 cm³/mol. The summed E-state index contributed by atoms with van der Waals surface area (Å²) in [5, 5.41) is 11.7. The summed E-state index contributed by atoms with van der Waals surface area (Å²) in [6.07, 6.45) is -5.77. The molecule has 4 aliphatic rings. The fourth-order valence-electron chi connectivity index (χ4n) is 7.26. The van der Waals surface area contributed by atoms with Crippen LogP contribution in [0.15, 0.2) is 52.9 Å². The highest BCUT2D eigenvalue weighted by Crippen LogP contribution is 2.57. The fourth-order valence-corrected chi connectivity index (χ4v) is 7.26. The Bertz CT molecular complexity index is 1350. The van der Waals surface area contributed by atoms with Gasteiger partial charge >= 0.3 is 12.4 Å². The summed E-state index contributed by atoms with van der Waals surface area (Å²) in [7, 11) is 0. The minimum Gasteiger partial charge on any atom is -0.352 e. The molecule has 2 heterocycles. The van der Waals surface area contributed by atoms with E-state index in [1.807, 2.05) is 12.1 Å². The summed E-state index contributed by atoms with van der Waals surface area (Å²) in [6.45, 7) is 1.13. The molecule has 1 saturated heterocycles. The number of alkyl halides is 6. The number of halogens is 7. The number of hydrazine groups is 2. The van der Waals surface area contributed by atoms with Gasteiger partial charge in [0.1, 0.15) is 5.82 Å². The molecular weight excluding hydrogens is 595 g/mol. The molecule has 0 aromatic heterocycles. The second-order valence-electron chi connectivity index (χ2n) is 12.2. The maximum atomic E-state index is 13.9. The molecule has 4 atom stereocenters. The Kier molecular flexibility index (Phi) is 7.97. The minimum absolute atomic E-state index is 0.0780. The molecule has 15 heteroatoms. The van der Waals surface area contributed by atoms with Crippen molar-refractivity contribution in [2.24, 2.45) is 21.8 Å². The smallest absolute Gasteiger partial charge is 0.352 e. The van der Waals surface area contributed by atoms with Crippen LogP contribution in [0.5, 0.6) is 0 Å². The average molecular weight is 628 g/mol. The molecule has 0 radical (unpaired) electrons. The lowest BCUT2D eigenvalue weighted by Crippen LogP contribution is -2.47. The number of benzene rings is 2. The lowest BCUT2D eigenvalue weighted by Gasteiger charge is -2.37. The number of nitrogens with zero attached hydrogens (tertiary/aromatic N) is 4. The van der Waals surface area contributed by atoms with Gasteiger partial charge in [0, 0.05) is 12.6 Å². The van der Waals surface area contributed by atoms with Gasteiger partial charge in [0.2, 0.25) is 5.91 Å². The van der Waals surface area contributed by atoms with Crippen LogP contribution in [-0.2, 0) is 23.7 Å². The van der Waals surface area contributed by atoms with Crippen molar-refractivity contribution in [2.75, 3.05) is 13.1 Å². The first-order chi connectivity index (χ1) is 20.8. The van der Waals surface area contributed by atoms with Gasteiger partial charge in [0.25, 0.3) is 0 Å². The van der Waals surface area contributed by atoms with Gasteiger partial charge in [0.05, 0.1) is 22.6 Å². The number of hydrogen-bond donors (Lipinski definition) is 3. The van der Waals surface area contributed by atoms with E-state index in [9.17, 15) is 35.5 Å². The molecule has 3 N–H and O–H groups in total. The normalized spacial score (nSPS) is 28.1. The summed E-state index contributed by atoms with van der Waals surface area (Å²) < 4.78 is 93.8. The first-order valence-corrected chi connectivity index (χ1v) is 14.6. The van der Waals surface area contributed by atoms with Crippen molar-refractivity contribution < 1.29 is 35.5 Å². The summed E-state index contributed by atoms with van der Waals surface area (Å²) in [4.78, 5) is 16.3. The monoisotopic (exact) mass is 627 g/mol. The molecule has 2 saturated carbocycles. The van der Waals surface area contributed by atoms with Crippen LogP contribution in [-0.4, -0.2) is 41.1 Å². The highest BCUT2D eigenvalue weighted by atomic mass is 19.4. The maximum absolute atomic E-state index is 13.9. The third-order valence-electron chi connectivity index (χ3n) is 9.62. The second-order valence-corrected chi connectivity index (χ2v) is 12.2. The van der Waals surface area contributed by atoms with E-state index < -0.39 is 35.4 Å². The van der Waals surface area contributed by atoms with Crippen LogP contribution in [0.3, 0.4) is 0 Å². The fraction of sp³-hybridized carbons (Fsp3) is 0.552. The Morgan fingerprint density at radius 1 is 0.932 bits per heavy atom. The zero-order valence-electron chi connectivity index (χ0n) is 23.6. The number of likely N-dealkylation sites (tertiary alicyclic amines) is 1. The SMILES string of the molecule is O=C(NCc1cc(C(F)(F)F)cc(C(F)(F)F)c1)C1(C2CC2N2NN=NN2)CCC(N2CCC(c3ccc(F)cc3)CC2)C1. The van der Waals surface area contributed by atoms with E-state index in [2.05, 4.69) is 31.7 Å². The summed E-state index contributed by atoms with van der Waals surface area (Å²) in [5.74, 6) is -0.476. The van der Waals surface area contributed by atoms with Gasteiger partial charge in [-0.1, -0.05) is 17.3 Å². The van der Waals surface area contributed by atoms with E-state index in [-0.39, 0.29) is 41.4 Å². The van der Waals surface area contributed by atoms with Crippen LogP contribution in [0.2, 0.25) is 0 Å². The first kappa shape index (κ1) is 30.6. The number of nitrogens with one attached hydrogen (secondary N) is 3. The van der Waals surface area contributed by atoms with Crippen LogP contribution in [0.4, 0.5) is 30.7 Å². The molecule has 2 aliphatic carbocycles. The molecule has 238 valence electrons. The largest absolute Gasteiger partial charge is 0.416 e. The molecule has 3 fully saturated rings. The maximum Gasteiger partial charge on any atom is 0.416 e. The molecule has 2 aromatic carbocycles. The van der Waals surface area contributed by atoms with Gasteiger partial charge < -0.3 is 10.2 Å². The molecule has 0 spiro atoms. The zero-order chi connectivity index (χ0) is 31.3. The van der Waals surface area contributed by atoms with Crippen LogP contribution in [0, 0.1) is 17.2 Å². The van der Waals surface area contributed by atoms with Crippen LogP contribution < -0.4 is 16.4 Å². The quantitative estimate of drug-likeness (QED) is 0.334. The van der Waals surface area contributed by atoms with Crippen molar-refractivity contribution in [3.63, 3.8) is 0 Å². The van der Waals surface area contributed by atoms with E-state index >= 15 is 0 Å². The van der Waals surface area contributed by atoms with E-state index in [0.29, 0.717) is 37.3 Å². The highest BCUT2D eigenvalue weighted by molar-refractivity contribution is 5.84. The number of amides is 1. The molecule has 1 amide bonds. The number of carbonyl (C=O) groups excluding carboxylic acids is 1. The topological polar surface area (TPSA) is 84.4 Å². The van der Waals surface area contributed by atoms with Crippen molar-refractivity contribution in [1.29, 1.82) is 0 Å². The van der Waals surface area contributed by atoms with Crippen molar-refractivity contribution in [3.05, 3.63) is 70.5 Å². The van der Waals surface area contributed by atoms with Gasteiger partial charge in [-0.15, -0.1) is 0 Å². The average Bonchev–Trinajstić information content (AvgIpc) is 3.38. The second kappa shape index (κ2) is 11.5. The number of hydrogen-bond acceptors (Lipinski definition) is 7. The van der Waals surface area contributed by atoms with E-state index in [1.54, 1.807) is 5.12 Å². The van der Waals surface area contributed by atoms with Crippen molar-refractivity contribution in [1.82, 2.24) is 26.4 Å². The first-order valence-electron chi connectivity index (χ1n) is 14.6. The molecule has 2 aliphatic heterocycles. The van der Waals surface area contributed by atoms with E-state index in [4.69, 9.17) is 0 Å². The molecule has 0 bridgehead atoms. The van der Waals surface area contributed by atoms with E-state index in [0.717, 1.165) is 37.9 Å². The molecule has 6 rings (SSSR count). The van der Waals surface area contributed by atoms with Gasteiger partial charge in [-0.2, -0.15) is 26.3 Å². The summed E-state index contributed by atoms with van der Waals surface area (Å²) in [6, 6.07) is 7.90. The molecule has 2 aromatic rings. The number of carbonyl (C=O) groups is 1. The lowest BCUT2D eigenvalue weighted by molar-refractivity contribution is -0.143. The molecule has 44 heavy (non-hydrogen) atoms. The standard InChI is InChI=1S/C29H32F7N7O/c30-22-3-1-18(2-4-22)19-6-9-42(10-7-19)23-5-8-27(15-23,24-14-25(24)43-40-38-39-41-43)26(44)37-16-17-11-20(28(31,32)33)13-21(12-17)29(34,35)36/h1-4,11-13,19,23-25H,5-10,14-16H2,(H,37,44)(H,38,41)(H,39,40). The van der Waals surface area contributed by atoms with Crippen LogP contribution in [0.1, 0.15) is 66.7 Å². The van der Waals surface area contributed by atoms with Gasteiger partial charge in [0.15, 0.2) is 0 Å². The molecular formula is C29H32F7N7O. The Morgan fingerprint density at radius 3 is 2.14 bits per heavy atom. The lowest BCUT2D eigenvalue weighted by atomic mass is 9.78. The molecule has 4 unspecified atom stereocenters. The van der Waals surface area contributed by atoms with E-state index in [1.165, 1.54) is 12.1 Å². The number of rotatable bonds is 7. The molecule has 8 nitrogen and oxygen atoms in total.